The van der Waals surface area contributed by atoms with Crippen LogP contribution in [0.5, 0.6) is 11.5 Å². The van der Waals surface area contributed by atoms with Gasteiger partial charge in [-0.1, -0.05) is 0 Å². The van der Waals surface area contributed by atoms with Gasteiger partial charge in [0.15, 0.2) is 11.5 Å². The molecule has 0 aliphatic carbocycles. The molecule has 2 aromatic rings. The molecule has 1 aromatic heterocycles. The van der Waals surface area contributed by atoms with Crippen LogP contribution in [0.15, 0.2) is 22.6 Å². The van der Waals surface area contributed by atoms with Crippen LogP contribution in [0.4, 0.5) is 0 Å². The highest BCUT2D eigenvalue weighted by molar-refractivity contribution is 5.59. The van der Waals surface area contributed by atoms with E-state index in [0.717, 1.165) is 17.7 Å². The van der Waals surface area contributed by atoms with E-state index in [-0.39, 0.29) is 5.89 Å². The molecule has 6 nitrogen and oxygen atoms in total. The van der Waals surface area contributed by atoms with Gasteiger partial charge in [-0.25, -0.2) is 0 Å². The fourth-order valence-corrected chi connectivity index (χ4v) is 1.82. The minimum absolute atomic E-state index is 0.196. The number of aromatic nitrogens is 2. The molecular weight excluding hydrogens is 248 g/mol. The molecule has 1 unspecified atom stereocenters. The third-order valence-corrected chi connectivity index (χ3v) is 2.79. The summed E-state index contributed by atoms with van der Waals surface area (Å²) in [5.41, 5.74) is 0.739. The molecule has 19 heavy (non-hydrogen) atoms. The van der Waals surface area contributed by atoms with Gasteiger partial charge >= 0.3 is 0 Å². The summed E-state index contributed by atoms with van der Waals surface area (Å²) in [6, 6.07) is 5.45. The normalized spacial score (nSPS) is 15.9. The number of ether oxygens (including phenoxy) is 2. The van der Waals surface area contributed by atoms with Crippen molar-refractivity contribution in [2.45, 2.75) is 19.4 Å². The number of nitrogens with zero attached hydrogens (tertiary/aromatic N) is 2. The van der Waals surface area contributed by atoms with Crippen molar-refractivity contribution in [3.05, 3.63) is 24.1 Å². The van der Waals surface area contributed by atoms with Gasteiger partial charge in [0.05, 0.1) is 13.2 Å². The first-order valence-electron chi connectivity index (χ1n) is 6.15. The Morgan fingerprint density at radius 1 is 1.16 bits per heavy atom. The van der Waals surface area contributed by atoms with Crippen molar-refractivity contribution < 1.29 is 19.0 Å². The number of hydrogen-bond acceptors (Lipinski definition) is 6. The molecule has 0 radical (unpaired) electrons. The molecule has 1 N–H and O–H groups in total. The fraction of sp³-hybridized carbons (Fsp3) is 0.385. The molecule has 100 valence electrons. The van der Waals surface area contributed by atoms with Gasteiger partial charge in [0, 0.05) is 12.0 Å². The van der Waals surface area contributed by atoms with Crippen LogP contribution >= 0.6 is 0 Å². The van der Waals surface area contributed by atoms with Crippen LogP contribution in [0.2, 0.25) is 0 Å². The lowest BCUT2D eigenvalue weighted by Gasteiger charge is -2.07. The van der Waals surface area contributed by atoms with Crippen molar-refractivity contribution in [2.75, 3.05) is 13.2 Å². The summed E-state index contributed by atoms with van der Waals surface area (Å²) in [5, 5.41) is 17.1. The van der Waals surface area contributed by atoms with E-state index in [1.165, 1.54) is 0 Å². The van der Waals surface area contributed by atoms with E-state index in [2.05, 4.69) is 10.2 Å². The van der Waals surface area contributed by atoms with Crippen LogP contribution in [-0.4, -0.2) is 28.5 Å². The number of aliphatic hydroxyl groups excluding tert-OH is 1. The first-order valence-corrected chi connectivity index (χ1v) is 6.15. The second-order valence-corrected chi connectivity index (χ2v) is 4.33. The Bertz CT molecular complexity index is 580. The molecule has 0 saturated heterocycles. The molecule has 1 aromatic carbocycles. The largest absolute Gasteiger partial charge is 0.490 e. The highest BCUT2D eigenvalue weighted by Crippen LogP contribution is 2.34. The lowest BCUT2D eigenvalue weighted by molar-refractivity contribution is 0.163. The van der Waals surface area contributed by atoms with Crippen molar-refractivity contribution >= 4 is 0 Å². The average Bonchev–Trinajstić information content (AvgIpc) is 2.78. The molecule has 1 aliphatic heterocycles. The van der Waals surface area contributed by atoms with Crippen molar-refractivity contribution in [3.63, 3.8) is 0 Å². The maximum absolute atomic E-state index is 9.37. The zero-order chi connectivity index (χ0) is 13.2. The van der Waals surface area contributed by atoms with E-state index in [1.54, 1.807) is 13.0 Å². The Labute approximate surface area is 110 Å². The molecule has 0 saturated carbocycles. The highest BCUT2D eigenvalue weighted by atomic mass is 16.5. The van der Waals surface area contributed by atoms with Crippen molar-refractivity contribution in [2.24, 2.45) is 0 Å². The Morgan fingerprint density at radius 3 is 2.68 bits per heavy atom. The lowest BCUT2D eigenvalue weighted by atomic mass is 10.2. The van der Waals surface area contributed by atoms with Gasteiger partial charge in [-0.05, 0) is 25.1 Å². The Kier molecular flexibility index (Phi) is 3.08. The highest BCUT2D eigenvalue weighted by Gasteiger charge is 2.16. The topological polar surface area (TPSA) is 77.6 Å². The number of aliphatic hydroxyl groups is 1. The quantitative estimate of drug-likeness (QED) is 0.891. The second-order valence-electron chi connectivity index (χ2n) is 4.33. The molecule has 0 spiro atoms. The summed E-state index contributed by atoms with van der Waals surface area (Å²) in [4.78, 5) is 0. The maximum atomic E-state index is 9.37. The van der Waals surface area contributed by atoms with Crippen molar-refractivity contribution in [1.82, 2.24) is 10.2 Å². The Morgan fingerprint density at radius 2 is 1.95 bits per heavy atom. The SMILES string of the molecule is CC(O)c1nnc(-c2ccc3c(c2)OCCCO3)o1. The van der Waals surface area contributed by atoms with Gasteiger partial charge in [-0.15, -0.1) is 10.2 Å². The number of hydrogen-bond donors (Lipinski definition) is 1. The zero-order valence-corrected chi connectivity index (χ0v) is 10.5. The maximum Gasteiger partial charge on any atom is 0.248 e. The lowest BCUT2D eigenvalue weighted by Crippen LogP contribution is -1.97. The minimum atomic E-state index is -0.776. The van der Waals surface area contributed by atoms with E-state index in [4.69, 9.17) is 13.9 Å². The molecule has 0 bridgehead atoms. The molecule has 3 rings (SSSR count). The summed E-state index contributed by atoms with van der Waals surface area (Å²) < 4.78 is 16.5. The fourth-order valence-electron chi connectivity index (χ4n) is 1.82. The summed E-state index contributed by atoms with van der Waals surface area (Å²) in [6.07, 6.45) is 0.0816. The molecular formula is C13H14N2O4. The molecule has 1 atom stereocenters. The van der Waals surface area contributed by atoms with E-state index in [1.807, 2.05) is 12.1 Å². The molecule has 6 heteroatoms. The van der Waals surface area contributed by atoms with Gasteiger partial charge in [-0.2, -0.15) is 0 Å². The number of rotatable bonds is 2. The van der Waals surface area contributed by atoms with Gasteiger partial charge in [-0.3, -0.25) is 0 Å². The molecule has 2 heterocycles. The van der Waals surface area contributed by atoms with Crippen molar-refractivity contribution in [1.29, 1.82) is 0 Å². The number of benzene rings is 1. The van der Waals surface area contributed by atoms with E-state index < -0.39 is 6.10 Å². The molecule has 1 aliphatic rings. The van der Waals surface area contributed by atoms with E-state index >= 15 is 0 Å². The van der Waals surface area contributed by atoms with E-state index in [0.29, 0.717) is 24.9 Å². The Balaban J connectivity index is 1.94. The van der Waals surface area contributed by atoms with Crippen molar-refractivity contribution in [3.8, 4) is 23.0 Å². The van der Waals surface area contributed by atoms with Crippen LogP contribution in [0, 0.1) is 0 Å². The predicted molar refractivity (Wildman–Crippen MR) is 66.0 cm³/mol. The summed E-state index contributed by atoms with van der Waals surface area (Å²) in [7, 11) is 0. The Hall–Kier alpha value is -2.08. The third-order valence-electron chi connectivity index (χ3n) is 2.79. The first kappa shape index (κ1) is 12.0. The minimum Gasteiger partial charge on any atom is -0.490 e. The van der Waals surface area contributed by atoms with Crippen LogP contribution in [-0.2, 0) is 0 Å². The third kappa shape index (κ3) is 2.39. The zero-order valence-electron chi connectivity index (χ0n) is 10.5. The summed E-state index contributed by atoms with van der Waals surface area (Å²) in [5.74, 6) is 1.94. The van der Waals surface area contributed by atoms with Gasteiger partial charge in [0.1, 0.15) is 6.10 Å². The summed E-state index contributed by atoms with van der Waals surface area (Å²) in [6.45, 7) is 2.85. The van der Waals surface area contributed by atoms with Crippen LogP contribution in [0.1, 0.15) is 25.3 Å². The standard InChI is InChI=1S/C13H14N2O4/c1-8(16)12-14-15-13(19-12)9-3-4-10-11(7-9)18-6-2-5-17-10/h3-4,7-8,16H,2,5-6H2,1H3. The van der Waals surface area contributed by atoms with Crippen LogP contribution in [0.25, 0.3) is 11.5 Å². The number of fused-ring (bicyclic) bond motifs is 1. The van der Waals surface area contributed by atoms with Gasteiger partial charge in [0.2, 0.25) is 11.8 Å². The predicted octanol–water partition coefficient (Wildman–Crippen LogP) is 1.95. The molecule has 0 fully saturated rings. The average molecular weight is 262 g/mol. The molecule has 0 amide bonds. The van der Waals surface area contributed by atoms with Gasteiger partial charge in [0.25, 0.3) is 0 Å². The van der Waals surface area contributed by atoms with E-state index in [9.17, 15) is 5.11 Å². The monoisotopic (exact) mass is 262 g/mol. The second kappa shape index (κ2) is 4.89. The first-order chi connectivity index (χ1) is 9.24. The summed E-state index contributed by atoms with van der Waals surface area (Å²) >= 11 is 0. The van der Waals surface area contributed by atoms with Crippen LogP contribution in [0.3, 0.4) is 0 Å². The van der Waals surface area contributed by atoms with Gasteiger partial charge < -0.3 is 19.0 Å². The smallest absolute Gasteiger partial charge is 0.248 e. The van der Waals surface area contributed by atoms with Crippen LogP contribution < -0.4 is 9.47 Å².